The van der Waals surface area contributed by atoms with E-state index in [0.717, 1.165) is 11.1 Å². The van der Waals surface area contributed by atoms with Crippen LogP contribution >= 0.6 is 0 Å². The van der Waals surface area contributed by atoms with E-state index in [0.29, 0.717) is 23.2 Å². The summed E-state index contributed by atoms with van der Waals surface area (Å²) in [6, 6.07) is 15.3. The molecule has 2 aromatic carbocycles. The lowest BCUT2D eigenvalue weighted by Gasteiger charge is -2.07. The molecule has 1 aromatic heterocycles. The molecule has 5 heteroatoms. The third-order valence-corrected chi connectivity index (χ3v) is 3.84. The van der Waals surface area contributed by atoms with Crippen LogP contribution in [0.1, 0.15) is 17.2 Å². The number of ether oxygens (including phenoxy) is 1. The van der Waals surface area contributed by atoms with E-state index in [1.54, 1.807) is 12.3 Å². The number of aliphatic hydroxyl groups is 1. The number of hydrogen-bond donors (Lipinski definition) is 2. The molecule has 23 heavy (non-hydrogen) atoms. The summed E-state index contributed by atoms with van der Waals surface area (Å²) in [5, 5.41) is 19.8. The average Bonchev–Trinajstić information content (AvgIpc) is 2.93. The van der Waals surface area contributed by atoms with E-state index in [9.17, 15) is 9.90 Å². The Bertz CT molecular complexity index is 839. The first-order chi connectivity index (χ1) is 11.1. The zero-order valence-electron chi connectivity index (χ0n) is 12.6. The minimum absolute atomic E-state index is 0.334. The molecule has 0 aliphatic carbocycles. The lowest BCUT2D eigenvalue weighted by Crippen LogP contribution is -2.10. The fraction of sp³-hybridized carbons (Fsp3) is 0.167. The van der Waals surface area contributed by atoms with E-state index in [1.807, 2.05) is 47.0 Å². The van der Waals surface area contributed by atoms with Crippen molar-refractivity contribution >= 4 is 16.9 Å². The third kappa shape index (κ3) is 2.78. The average molecular weight is 311 g/mol. The summed E-state index contributed by atoms with van der Waals surface area (Å²) in [5.41, 5.74) is 2.24. The Morgan fingerprint density at radius 2 is 1.91 bits per heavy atom. The number of benzene rings is 2. The van der Waals surface area contributed by atoms with Crippen molar-refractivity contribution in [2.45, 2.75) is 12.6 Å². The summed E-state index contributed by atoms with van der Waals surface area (Å²) in [5.74, 6) is -0.737. The molecule has 0 aliphatic heterocycles. The SMILES string of the molecule is COc1cccc2c1c(C(O)C(=O)O)cn2Cc1ccccc1. The second-order valence-corrected chi connectivity index (χ2v) is 5.29. The van der Waals surface area contributed by atoms with Crippen LogP contribution in [-0.2, 0) is 11.3 Å². The number of carboxylic acid groups (broad SMARTS) is 1. The van der Waals surface area contributed by atoms with Gasteiger partial charge in [0, 0.05) is 23.7 Å². The molecule has 0 fully saturated rings. The van der Waals surface area contributed by atoms with Crippen LogP contribution in [0.3, 0.4) is 0 Å². The van der Waals surface area contributed by atoms with Crippen molar-refractivity contribution in [1.29, 1.82) is 0 Å². The molecule has 0 saturated heterocycles. The zero-order valence-corrected chi connectivity index (χ0v) is 12.6. The lowest BCUT2D eigenvalue weighted by molar-refractivity contribution is -0.146. The van der Waals surface area contributed by atoms with Crippen molar-refractivity contribution < 1.29 is 19.7 Å². The van der Waals surface area contributed by atoms with Crippen LogP contribution in [0.5, 0.6) is 5.75 Å². The van der Waals surface area contributed by atoms with Gasteiger partial charge in [0.15, 0.2) is 6.10 Å². The summed E-state index contributed by atoms with van der Waals surface area (Å²) in [6.45, 7) is 0.580. The Hall–Kier alpha value is -2.79. The number of hydrogen-bond acceptors (Lipinski definition) is 3. The van der Waals surface area contributed by atoms with Gasteiger partial charge in [0.05, 0.1) is 12.6 Å². The highest BCUT2D eigenvalue weighted by atomic mass is 16.5. The van der Waals surface area contributed by atoms with Gasteiger partial charge in [0.2, 0.25) is 0 Å². The normalized spacial score (nSPS) is 12.3. The van der Waals surface area contributed by atoms with Crippen molar-refractivity contribution in [2.75, 3.05) is 7.11 Å². The van der Waals surface area contributed by atoms with Crippen molar-refractivity contribution in [3.8, 4) is 5.75 Å². The van der Waals surface area contributed by atoms with Gasteiger partial charge in [0.1, 0.15) is 5.75 Å². The van der Waals surface area contributed by atoms with Crippen LogP contribution in [-0.4, -0.2) is 27.9 Å². The molecule has 0 radical (unpaired) electrons. The zero-order chi connectivity index (χ0) is 16.4. The van der Waals surface area contributed by atoms with Crippen molar-refractivity contribution in [3.05, 3.63) is 65.9 Å². The van der Waals surface area contributed by atoms with Gasteiger partial charge in [-0.25, -0.2) is 4.79 Å². The molecule has 0 bridgehead atoms. The van der Waals surface area contributed by atoms with E-state index in [4.69, 9.17) is 9.84 Å². The molecule has 0 aliphatic rings. The Labute approximate surface area is 133 Å². The highest BCUT2D eigenvalue weighted by Crippen LogP contribution is 2.34. The minimum Gasteiger partial charge on any atom is -0.496 e. The predicted octanol–water partition coefficient (Wildman–Crippen LogP) is 2.82. The summed E-state index contributed by atoms with van der Waals surface area (Å²) in [4.78, 5) is 11.2. The van der Waals surface area contributed by atoms with Gasteiger partial charge >= 0.3 is 5.97 Å². The summed E-state index contributed by atoms with van der Waals surface area (Å²) >= 11 is 0. The van der Waals surface area contributed by atoms with Gasteiger partial charge in [-0.3, -0.25) is 0 Å². The number of fused-ring (bicyclic) bond motifs is 1. The monoisotopic (exact) mass is 311 g/mol. The molecule has 1 atom stereocenters. The highest BCUT2D eigenvalue weighted by molar-refractivity contribution is 5.93. The lowest BCUT2D eigenvalue weighted by atomic mass is 10.1. The van der Waals surface area contributed by atoms with E-state index in [2.05, 4.69) is 0 Å². The first-order valence-electron chi connectivity index (χ1n) is 7.22. The van der Waals surface area contributed by atoms with Gasteiger partial charge in [-0.05, 0) is 17.7 Å². The molecule has 1 heterocycles. The maximum absolute atomic E-state index is 11.2. The molecule has 0 saturated carbocycles. The standard InChI is InChI=1S/C18H17NO4/c1-23-15-9-5-8-14-16(15)13(17(20)18(21)22)11-19(14)10-12-6-3-2-4-7-12/h2-9,11,17,20H,10H2,1H3,(H,21,22). The van der Waals surface area contributed by atoms with E-state index < -0.39 is 12.1 Å². The van der Waals surface area contributed by atoms with Crippen molar-refractivity contribution in [1.82, 2.24) is 4.57 Å². The van der Waals surface area contributed by atoms with E-state index in [1.165, 1.54) is 7.11 Å². The Balaban J connectivity index is 2.17. The van der Waals surface area contributed by atoms with Gasteiger partial charge < -0.3 is 19.5 Å². The van der Waals surface area contributed by atoms with Crippen LogP contribution in [0.2, 0.25) is 0 Å². The van der Waals surface area contributed by atoms with Gasteiger partial charge in [0.25, 0.3) is 0 Å². The first-order valence-corrected chi connectivity index (χ1v) is 7.22. The maximum Gasteiger partial charge on any atom is 0.337 e. The second kappa shape index (κ2) is 6.14. The van der Waals surface area contributed by atoms with Crippen LogP contribution < -0.4 is 4.74 Å². The molecule has 3 rings (SSSR count). The van der Waals surface area contributed by atoms with Crippen molar-refractivity contribution in [2.24, 2.45) is 0 Å². The van der Waals surface area contributed by atoms with E-state index >= 15 is 0 Å². The Morgan fingerprint density at radius 3 is 2.57 bits per heavy atom. The molecule has 2 N–H and O–H groups in total. The molecule has 118 valence electrons. The number of rotatable bonds is 5. The fourth-order valence-corrected chi connectivity index (χ4v) is 2.77. The highest BCUT2D eigenvalue weighted by Gasteiger charge is 2.23. The minimum atomic E-state index is -1.59. The van der Waals surface area contributed by atoms with Gasteiger partial charge in [-0.15, -0.1) is 0 Å². The first kappa shape index (κ1) is 15.1. The van der Waals surface area contributed by atoms with Crippen LogP contribution in [0.25, 0.3) is 10.9 Å². The van der Waals surface area contributed by atoms with Crippen LogP contribution in [0.4, 0.5) is 0 Å². The van der Waals surface area contributed by atoms with Gasteiger partial charge in [-0.1, -0.05) is 36.4 Å². The quantitative estimate of drug-likeness (QED) is 0.760. The number of aromatic nitrogens is 1. The topological polar surface area (TPSA) is 71.7 Å². The van der Waals surface area contributed by atoms with Gasteiger partial charge in [-0.2, -0.15) is 0 Å². The van der Waals surface area contributed by atoms with E-state index in [-0.39, 0.29) is 0 Å². The molecule has 0 amide bonds. The maximum atomic E-state index is 11.2. The van der Waals surface area contributed by atoms with Crippen LogP contribution in [0.15, 0.2) is 54.7 Å². The molecular formula is C18H17NO4. The Kier molecular flexibility index (Phi) is 4.04. The smallest absolute Gasteiger partial charge is 0.337 e. The molecule has 1 unspecified atom stereocenters. The molecule has 0 spiro atoms. The number of nitrogens with zero attached hydrogens (tertiary/aromatic N) is 1. The number of methoxy groups -OCH3 is 1. The molecule has 3 aromatic rings. The third-order valence-electron chi connectivity index (χ3n) is 3.84. The fourth-order valence-electron chi connectivity index (χ4n) is 2.77. The van der Waals surface area contributed by atoms with Crippen LogP contribution in [0, 0.1) is 0 Å². The summed E-state index contributed by atoms with van der Waals surface area (Å²) in [7, 11) is 1.53. The molecule has 5 nitrogen and oxygen atoms in total. The summed E-state index contributed by atoms with van der Waals surface area (Å²) < 4.78 is 7.27. The second-order valence-electron chi connectivity index (χ2n) is 5.29. The number of carboxylic acids is 1. The predicted molar refractivity (Wildman–Crippen MR) is 86.6 cm³/mol. The molecular weight excluding hydrogens is 294 g/mol. The number of aliphatic hydroxyl groups excluding tert-OH is 1. The number of carbonyl (C=O) groups is 1. The largest absolute Gasteiger partial charge is 0.496 e. The summed E-state index contributed by atoms with van der Waals surface area (Å²) in [6.07, 6.45) is 0.0877. The number of aliphatic carboxylic acids is 1. The van der Waals surface area contributed by atoms with Crippen molar-refractivity contribution in [3.63, 3.8) is 0 Å². The Morgan fingerprint density at radius 1 is 1.17 bits per heavy atom.